The Kier molecular flexibility index (Phi) is 4.60. The van der Waals surface area contributed by atoms with Crippen LogP contribution in [0.3, 0.4) is 0 Å². The molecular formula is C9H13NO4S2. The number of methoxy groups -OCH3 is 1. The highest BCUT2D eigenvalue weighted by Gasteiger charge is 2.17. The lowest BCUT2D eigenvalue weighted by Gasteiger charge is -2.06. The Morgan fingerprint density at radius 3 is 2.56 bits per heavy atom. The molecule has 0 aliphatic carbocycles. The molecule has 0 radical (unpaired) electrons. The number of sulfonamides is 1. The summed E-state index contributed by atoms with van der Waals surface area (Å²) in [5, 5.41) is 5.03. The average Bonchev–Trinajstić information content (AvgIpc) is 2.24. The highest BCUT2D eigenvalue weighted by atomic mass is 32.2. The van der Waals surface area contributed by atoms with Crippen LogP contribution < -0.4 is 5.14 Å². The van der Waals surface area contributed by atoms with Gasteiger partial charge < -0.3 is 4.74 Å². The van der Waals surface area contributed by atoms with Crippen molar-refractivity contribution in [3.8, 4) is 0 Å². The molecule has 0 fully saturated rings. The number of rotatable bonds is 5. The maximum absolute atomic E-state index is 11.8. The van der Waals surface area contributed by atoms with Gasteiger partial charge in [-0.2, -0.15) is 0 Å². The summed E-state index contributed by atoms with van der Waals surface area (Å²) in [6, 6.07) is 5.99. The highest BCUT2D eigenvalue weighted by molar-refractivity contribution is 7.90. The van der Waals surface area contributed by atoms with Crippen LogP contribution in [0.15, 0.2) is 34.1 Å². The number of ether oxygens (including phenoxy) is 1. The van der Waals surface area contributed by atoms with E-state index in [1.165, 1.54) is 25.3 Å². The first-order valence-corrected chi connectivity index (χ1v) is 7.32. The molecular weight excluding hydrogens is 250 g/mol. The van der Waals surface area contributed by atoms with Gasteiger partial charge in [0.2, 0.25) is 10.0 Å². The number of hydrogen-bond donors (Lipinski definition) is 1. The SMILES string of the molecule is COCCS(=O)c1ccccc1S(N)(=O)=O. The molecule has 0 spiro atoms. The molecule has 16 heavy (non-hydrogen) atoms. The molecule has 0 saturated carbocycles. The average molecular weight is 263 g/mol. The topological polar surface area (TPSA) is 86.5 Å². The fourth-order valence-electron chi connectivity index (χ4n) is 1.14. The fourth-order valence-corrected chi connectivity index (χ4v) is 3.45. The minimum atomic E-state index is -3.84. The van der Waals surface area contributed by atoms with Gasteiger partial charge in [0.1, 0.15) is 0 Å². The lowest BCUT2D eigenvalue weighted by Crippen LogP contribution is -2.16. The van der Waals surface area contributed by atoms with Crippen molar-refractivity contribution in [1.82, 2.24) is 0 Å². The van der Waals surface area contributed by atoms with Gasteiger partial charge in [-0.25, -0.2) is 13.6 Å². The van der Waals surface area contributed by atoms with E-state index in [4.69, 9.17) is 9.88 Å². The zero-order valence-corrected chi connectivity index (χ0v) is 10.4. The van der Waals surface area contributed by atoms with Crippen LogP contribution in [0.4, 0.5) is 0 Å². The zero-order valence-electron chi connectivity index (χ0n) is 8.75. The smallest absolute Gasteiger partial charge is 0.239 e. The van der Waals surface area contributed by atoms with Crippen LogP contribution >= 0.6 is 0 Å². The largest absolute Gasteiger partial charge is 0.384 e. The van der Waals surface area contributed by atoms with Crippen molar-refractivity contribution in [2.45, 2.75) is 9.79 Å². The van der Waals surface area contributed by atoms with Crippen LogP contribution in [0.25, 0.3) is 0 Å². The van der Waals surface area contributed by atoms with Crippen molar-refractivity contribution in [1.29, 1.82) is 0 Å². The molecule has 2 N–H and O–H groups in total. The van der Waals surface area contributed by atoms with Crippen LogP contribution in [-0.4, -0.2) is 32.1 Å². The Bertz CT molecular complexity index is 484. The van der Waals surface area contributed by atoms with E-state index in [1.807, 2.05) is 0 Å². The van der Waals surface area contributed by atoms with E-state index in [0.29, 0.717) is 6.61 Å². The van der Waals surface area contributed by atoms with Crippen molar-refractivity contribution in [2.75, 3.05) is 19.5 Å². The predicted molar refractivity (Wildman–Crippen MR) is 61.0 cm³/mol. The van der Waals surface area contributed by atoms with Gasteiger partial charge in [-0.15, -0.1) is 0 Å². The summed E-state index contributed by atoms with van der Waals surface area (Å²) in [6.07, 6.45) is 0. The summed E-state index contributed by atoms with van der Waals surface area (Å²) in [6.45, 7) is 0.297. The second-order valence-electron chi connectivity index (χ2n) is 3.03. The van der Waals surface area contributed by atoms with E-state index in [-0.39, 0.29) is 15.5 Å². The quantitative estimate of drug-likeness (QED) is 0.815. The summed E-state index contributed by atoms with van der Waals surface area (Å²) in [5.74, 6) is 0.239. The lowest BCUT2D eigenvalue weighted by atomic mass is 10.4. The van der Waals surface area contributed by atoms with Gasteiger partial charge in [0.05, 0.1) is 33.0 Å². The summed E-state index contributed by atoms with van der Waals surface area (Å²) >= 11 is 0. The number of primary sulfonamides is 1. The molecule has 0 aromatic heterocycles. The number of nitrogens with two attached hydrogens (primary N) is 1. The molecule has 1 atom stereocenters. The van der Waals surface area contributed by atoms with Gasteiger partial charge in [0.25, 0.3) is 0 Å². The first kappa shape index (κ1) is 13.3. The Labute approximate surface area is 97.1 Å². The van der Waals surface area contributed by atoms with E-state index in [0.717, 1.165) is 0 Å². The molecule has 7 heteroatoms. The van der Waals surface area contributed by atoms with Crippen LogP contribution in [0.2, 0.25) is 0 Å². The second kappa shape index (κ2) is 5.53. The van der Waals surface area contributed by atoms with E-state index in [1.54, 1.807) is 6.07 Å². The summed E-state index contributed by atoms with van der Waals surface area (Å²) in [4.78, 5) is 0.131. The van der Waals surface area contributed by atoms with Crippen molar-refractivity contribution >= 4 is 20.8 Å². The van der Waals surface area contributed by atoms with Crippen LogP contribution in [0.5, 0.6) is 0 Å². The number of hydrogen-bond acceptors (Lipinski definition) is 4. The standard InChI is InChI=1S/C9H13NO4S2/c1-14-6-7-15(11)8-4-2-3-5-9(8)16(10,12)13/h2-5H,6-7H2,1H3,(H2,10,12,13). The normalized spacial score (nSPS) is 13.6. The van der Waals surface area contributed by atoms with Gasteiger partial charge in [-0.05, 0) is 12.1 Å². The maximum Gasteiger partial charge on any atom is 0.239 e. The van der Waals surface area contributed by atoms with E-state index in [2.05, 4.69) is 0 Å². The van der Waals surface area contributed by atoms with Crippen LogP contribution in [0.1, 0.15) is 0 Å². The Hall–Kier alpha value is -0.760. The van der Waals surface area contributed by atoms with E-state index < -0.39 is 20.8 Å². The molecule has 1 rings (SSSR count). The monoisotopic (exact) mass is 263 g/mol. The van der Waals surface area contributed by atoms with Crippen molar-refractivity contribution in [2.24, 2.45) is 5.14 Å². The third-order valence-corrected chi connectivity index (χ3v) is 4.36. The third kappa shape index (κ3) is 3.38. The molecule has 90 valence electrons. The van der Waals surface area contributed by atoms with Gasteiger partial charge in [-0.1, -0.05) is 12.1 Å². The zero-order chi connectivity index (χ0) is 12.2. The summed E-state index contributed by atoms with van der Waals surface area (Å²) < 4.78 is 39.1. The molecule has 1 aromatic rings. The van der Waals surface area contributed by atoms with Crippen LogP contribution in [-0.2, 0) is 25.6 Å². The lowest BCUT2D eigenvalue weighted by molar-refractivity contribution is 0.218. The van der Waals surface area contributed by atoms with Gasteiger partial charge in [-0.3, -0.25) is 4.21 Å². The predicted octanol–water partition coefficient (Wildman–Crippen LogP) is 0.0880. The first-order valence-electron chi connectivity index (χ1n) is 4.46. The molecule has 0 heterocycles. The van der Waals surface area contributed by atoms with Crippen LogP contribution in [0, 0.1) is 0 Å². The minimum absolute atomic E-state index is 0.0931. The Morgan fingerprint density at radius 2 is 2.00 bits per heavy atom. The minimum Gasteiger partial charge on any atom is -0.384 e. The summed E-state index contributed by atoms with van der Waals surface area (Å²) in [7, 11) is -3.77. The molecule has 1 unspecified atom stereocenters. The molecule has 0 aliphatic rings. The second-order valence-corrected chi connectivity index (χ2v) is 6.10. The maximum atomic E-state index is 11.8. The molecule has 0 aliphatic heterocycles. The first-order chi connectivity index (χ1) is 7.46. The Balaban J connectivity index is 3.09. The highest BCUT2D eigenvalue weighted by Crippen LogP contribution is 2.17. The summed E-state index contributed by atoms with van der Waals surface area (Å²) in [5.41, 5.74) is 0. The molecule has 0 saturated heterocycles. The fraction of sp³-hybridized carbons (Fsp3) is 0.333. The van der Waals surface area contributed by atoms with Gasteiger partial charge in [0, 0.05) is 7.11 Å². The van der Waals surface area contributed by atoms with Gasteiger partial charge >= 0.3 is 0 Å². The Morgan fingerprint density at radius 1 is 1.38 bits per heavy atom. The molecule has 5 nitrogen and oxygen atoms in total. The van der Waals surface area contributed by atoms with Crippen molar-refractivity contribution in [3.05, 3.63) is 24.3 Å². The molecule has 1 aromatic carbocycles. The third-order valence-electron chi connectivity index (χ3n) is 1.87. The van der Waals surface area contributed by atoms with Crippen molar-refractivity contribution in [3.63, 3.8) is 0 Å². The van der Waals surface area contributed by atoms with Crippen molar-refractivity contribution < 1.29 is 17.4 Å². The molecule has 0 amide bonds. The van der Waals surface area contributed by atoms with E-state index in [9.17, 15) is 12.6 Å². The van der Waals surface area contributed by atoms with Gasteiger partial charge in [0.15, 0.2) is 0 Å². The number of benzene rings is 1. The molecule has 0 bridgehead atoms. The van der Waals surface area contributed by atoms with E-state index >= 15 is 0 Å².